The van der Waals surface area contributed by atoms with E-state index >= 15 is 0 Å². The monoisotopic (exact) mass is 276 g/mol. The number of hydrogen-bond donors (Lipinski definition) is 1. The summed E-state index contributed by atoms with van der Waals surface area (Å²) < 4.78 is 15.6. The summed E-state index contributed by atoms with van der Waals surface area (Å²) >= 11 is 0. The highest BCUT2D eigenvalue weighted by molar-refractivity contribution is 5.56. The van der Waals surface area contributed by atoms with Crippen LogP contribution in [0.25, 0.3) is 5.52 Å². The molecule has 2 aromatic heterocycles. The van der Waals surface area contributed by atoms with Crippen molar-refractivity contribution in [1.29, 1.82) is 0 Å². The minimum atomic E-state index is -0.127. The molecule has 0 amide bonds. The van der Waals surface area contributed by atoms with Gasteiger partial charge >= 0.3 is 0 Å². The number of nitrogens with zero attached hydrogens (tertiary/aromatic N) is 1. The van der Waals surface area contributed by atoms with Gasteiger partial charge in [-0.2, -0.15) is 0 Å². The van der Waals surface area contributed by atoms with Gasteiger partial charge in [0.1, 0.15) is 5.82 Å². The lowest BCUT2D eigenvalue weighted by molar-refractivity contribution is 0.528. The lowest BCUT2D eigenvalue weighted by atomic mass is 10.1. The third-order valence-corrected chi connectivity index (χ3v) is 3.90. The number of hydrogen-bond acceptors (Lipinski definition) is 1. The maximum atomic E-state index is 13.8. The van der Waals surface area contributed by atoms with Gasteiger partial charge in [0.25, 0.3) is 0 Å². The Kier molecular flexibility index (Phi) is 5.60. The second-order valence-corrected chi connectivity index (χ2v) is 5.14. The molecule has 1 aliphatic carbocycles. The van der Waals surface area contributed by atoms with Gasteiger partial charge in [0.05, 0.1) is 5.52 Å². The van der Waals surface area contributed by atoms with E-state index in [1.165, 1.54) is 31.7 Å². The standard InChI is InChI=1S/C15H19FN2.C2H6/c16-14-6-3-10-18-11-8-12(15(14)18)7-9-17-13-4-1-2-5-13;1-2/h3,6,8,10-11,13,17H,1-2,4-5,7,9H2;1-2H3. The Hall–Kier alpha value is -1.35. The van der Waals surface area contributed by atoms with Crippen LogP contribution in [0.1, 0.15) is 45.1 Å². The van der Waals surface area contributed by atoms with Gasteiger partial charge in [0, 0.05) is 18.4 Å². The molecule has 3 heteroatoms. The average molecular weight is 276 g/mol. The Morgan fingerprint density at radius 2 is 1.95 bits per heavy atom. The van der Waals surface area contributed by atoms with Crippen LogP contribution >= 0.6 is 0 Å². The Bertz CT molecular complexity index is 527. The van der Waals surface area contributed by atoms with Crippen LogP contribution in [0.5, 0.6) is 0 Å². The van der Waals surface area contributed by atoms with Crippen molar-refractivity contribution in [3.8, 4) is 0 Å². The number of rotatable bonds is 4. The van der Waals surface area contributed by atoms with Gasteiger partial charge < -0.3 is 9.72 Å². The summed E-state index contributed by atoms with van der Waals surface area (Å²) in [6.45, 7) is 4.94. The number of nitrogens with one attached hydrogen (secondary N) is 1. The van der Waals surface area contributed by atoms with Gasteiger partial charge in [-0.15, -0.1) is 0 Å². The number of aromatic nitrogens is 1. The normalized spacial score (nSPS) is 15.3. The van der Waals surface area contributed by atoms with Crippen LogP contribution in [0, 0.1) is 5.82 Å². The van der Waals surface area contributed by atoms with E-state index in [2.05, 4.69) is 5.32 Å². The smallest absolute Gasteiger partial charge is 0.147 e. The summed E-state index contributed by atoms with van der Waals surface area (Å²) in [4.78, 5) is 0. The van der Waals surface area contributed by atoms with Gasteiger partial charge in [-0.1, -0.05) is 26.7 Å². The fourth-order valence-electron chi connectivity index (χ4n) is 2.93. The van der Waals surface area contributed by atoms with E-state index in [0.717, 1.165) is 24.0 Å². The quantitative estimate of drug-likeness (QED) is 0.886. The molecule has 0 bridgehead atoms. The second-order valence-electron chi connectivity index (χ2n) is 5.14. The zero-order valence-electron chi connectivity index (χ0n) is 12.5. The van der Waals surface area contributed by atoms with Crippen molar-refractivity contribution in [3.05, 3.63) is 42.0 Å². The number of halogens is 1. The molecule has 1 fully saturated rings. The minimum absolute atomic E-state index is 0.127. The Labute approximate surface area is 121 Å². The SMILES string of the molecule is CC.Fc1cccn2ccc(CCNC3CCCC3)c12. The van der Waals surface area contributed by atoms with Gasteiger partial charge in [0.15, 0.2) is 0 Å². The summed E-state index contributed by atoms with van der Waals surface area (Å²) in [5, 5.41) is 3.57. The third kappa shape index (κ3) is 3.40. The molecule has 0 spiro atoms. The van der Waals surface area contributed by atoms with Crippen LogP contribution in [0.15, 0.2) is 30.6 Å². The van der Waals surface area contributed by atoms with Crippen LogP contribution in [0.2, 0.25) is 0 Å². The first-order chi connectivity index (χ1) is 9.84. The minimum Gasteiger partial charge on any atom is -0.321 e. The van der Waals surface area contributed by atoms with Crippen LogP contribution < -0.4 is 5.32 Å². The van der Waals surface area contributed by atoms with Crippen molar-refractivity contribution in [2.24, 2.45) is 0 Å². The molecule has 1 N–H and O–H groups in total. The molecule has 2 nitrogen and oxygen atoms in total. The summed E-state index contributed by atoms with van der Waals surface area (Å²) in [5.41, 5.74) is 1.82. The largest absolute Gasteiger partial charge is 0.321 e. The number of fused-ring (bicyclic) bond motifs is 1. The molecule has 110 valence electrons. The first-order valence-corrected chi connectivity index (χ1v) is 7.82. The molecule has 1 aliphatic rings. The molecular formula is C17H25FN2. The number of pyridine rings is 1. The van der Waals surface area contributed by atoms with Crippen molar-refractivity contribution in [3.63, 3.8) is 0 Å². The van der Waals surface area contributed by atoms with Gasteiger partial charge in [-0.25, -0.2) is 4.39 Å². The Morgan fingerprint density at radius 1 is 1.20 bits per heavy atom. The van der Waals surface area contributed by atoms with Crippen molar-refractivity contribution in [1.82, 2.24) is 9.72 Å². The van der Waals surface area contributed by atoms with Gasteiger partial charge in [-0.05, 0) is 49.6 Å². The molecule has 0 aromatic carbocycles. The summed E-state index contributed by atoms with van der Waals surface area (Å²) in [5.74, 6) is -0.127. The van der Waals surface area contributed by atoms with E-state index in [-0.39, 0.29) is 5.82 Å². The van der Waals surface area contributed by atoms with Crippen LogP contribution in [-0.4, -0.2) is 17.0 Å². The van der Waals surface area contributed by atoms with E-state index < -0.39 is 0 Å². The molecule has 20 heavy (non-hydrogen) atoms. The highest BCUT2D eigenvalue weighted by Gasteiger charge is 2.14. The van der Waals surface area contributed by atoms with Gasteiger partial charge in [-0.3, -0.25) is 0 Å². The molecule has 0 saturated heterocycles. The maximum Gasteiger partial charge on any atom is 0.147 e. The maximum absolute atomic E-state index is 13.8. The first-order valence-electron chi connectivity index (χ1n) is 7.82. The fraction of sp³-hybridized carbons (Fsp3) is 0.529. The van der Waals surface area contributed by atoms with Crippen molar-refractivity contribution in [2.45, 2.75) is 52.0 Å². The lowest BCUT2D eigenvalue weighted by Gasteiger charge is -2.11. The average Bonchev–Trinajstić information content (AvgIpc) is 3.12. The van der Waals surface area contributed by atoms with E-state index in [1.807, 2.05) is 36.7 Å². The van der Waals surface area contributed by atoms with Crippen molar-refractivity contribution < 1.29 is 4.39 Å². The van der Waals surface area contributed by atoms with Crippen LogP contribution in [-0.2, 0) is 6.42 Å². The summed E-state index contributed by atoms with van der Waals surface area (Å²) in [6, 6.07) is 5.98. The third-order valence-electron chi connectivity index (χ3n) is 3.90. The molecule has 3 rings (SSSR count). The molecule has 2 heterocycles. The highest BCUT2D eigenvalue weighted by Crippen LogP contribution is 2.19. The van der Waals surface area contributed by atoms with Crippen molar-refractivity contribution >= 4 is 5.52 Å². The van der Waals surface area contributed by atoms with E-state index in [1.54, 1.807) is 6.07 Å². The highest BCUT2D eigenvalue weighted by atomic mass is 19.1. The Balaban J connectivity index is 0.000000704. The zero-order chi connectivity index (χ0) is 14.4. The van der Waals surface area contributed by atoms with Crippen molar-refractivity contribution in [2.75, 3.05) is 6.54 Å². The predicted molar refractivity (Wildman–Crippen MR) is 82.7 cm³/mol. The molecule has 0 atom stereocenters. The molecule has 2 aromatic rings. The molecule has 0 unspecified atom stereocenters. The summed E-state index contributed by atoms with van der Waals surface area (Å²) in [7, 11) is 0. The zero-order valence-corrected chi connectivity index (χ0v) is 12.5. The second kappa shape index (κ2) is 7.44. The fourth-order valence-corrected chi connectivity index (χ4v) is 2.93. The first kappa shape index (κ1) is 15.0. The topological polar surface area (TPSA) is 16.4 Å². The van der Waals surface area contributed by atoms with E-state index in [4.69, 9.17) is 0 Å². The van der Waals surface area contributed by atoms with Crippen LogP contribution in [0.3, 0.4) is 0 Å². The molecule has 1 saturated carbocycles. The van der Waals surface area contributed by atoms with E-state index in [9.17, 15) is 4.39 Å². The van der Waals surface area contributed by atoms with Gasteiger partial charge in [0.2, 0.25) is 0 Å². The molecule has 0 radical (unpaired) electrons. The lowest BCUT2D eigenvalue weighted by Crippen LogP contribution is -2.27. The predicted octanol–water partition coefficient (Wildman–Crippen LogP) is 4.18. The Morgan fingerprint density at radius 3 is 2.70 bits per heavy atom. The summed E-state index contributed by atoms with van der Waals surface area (Å²) in [6.07, 6.45) is 10.0. The molecular weight excluding hydrogens is 251 g/mol. The van der Waals surface area contributed by atoms with Crippen LogP contribution in [0.4, 0.5) is 4.39 Å². The molecule has 0 aliphatic heterocycles. The van der Waals surface area contributed by atoms with E-state index in [0.29, 0.717) is 6.04 Å².